The van der Waals surface area contributed by atoms with Gasteiger partial charge in [0.05, 0.1) is 4.75 Å². The van der Waals surface area contributed by atoms with Gasteiger partial charge in [0.1, 0.15) is 11.6 Å². The van der Waals surface area contributed by atoms with E-state index < -0.39 is 40.9 Å². The lowest BCUT2D eigenvalue weighted by atomic mass is 9.84. The van der Waals surface area contributed by atoms with Gasteiger partial charge in [-0.1, -0.05) is 91.0 Å². The van der Waals surface area contributed by atoms with Crippen molar-refractivity contribution in [2.45, 2.75) is 37.2 Å². The standard InChI is InChI=1S/C29H33N3O5S/c1-28(2,3)37-27(35)32-36-19-25(33)31-24(26(30)34)20-38-29(21-13-7-4-8-14-21,22-15-9-5-10-16-22)23-17-11-6-12-18-23/h4-18,24H,19-20H2,1-3H3,(H2,30,34)(H,31,33)(H,32,35). The third-order valence-corrected chi connectivity index (χ3v) is 7.08. The molecule has 3 rings (SSSR count). The van der Waals surface area contributed by atoms with Crippen LogP contribution in [0.2, 0.25) is 0 Å². The van der Waals surface area contributed by atoms with E-state index in [0.717, 1.165) is 16.7 Å². The van der Waals surface area contributed by atoms with Crippen molar-refractivity contribution in [1.82, 2.24) is 10.8 Å². The number of nitrogens with one attached hydrogen (secondary N) is 2. The second-order valence-corrected chi connectivity index (χ2v) is 10.7. The average Bonchev–Trinajstić information content (AvgIpc) is 2.89. The van der Waals surface area contributed by atoms with Gasteiger partial charge >= 0.3 is 6.09 Å². The highest BCUT2D eigenvalue weighted by molar-refractivity contribution is 8.00. The number of primary amides is 1. The predicted molar refractivity (Wildman–Crippen MR) is 148 cm³/mol. The summed E-state index contributed by atoms with van der Waals surface area (Å²) in [5, 5.41) is 2.61. The molecule has 3 aromatic rings. The second kappa shape index (κ2) is 13.1. The Morgan fingerprint density at radius 3 is 1.66 bits per heavy atom. The molecule has 0 aromatic heterocycles. The number of hydrogen-bond donors (Lipinski definition) is 3. The first-order valence-electron chi connectivity index (χ1n) is 12.1. The number of nitrogens with two attached hydrogens (primary N) is 1. The number of carbonyl (C=O) groups is 3. The number of amides is 3. The summed E-state index contributed by atoms with van der Waals surface area (Å²) in [6.07, 6.45) is -0.828. The van der Waals surface area contributed by atoms with Crippen molar-refractivity contribution in [1.29, 1.82) is 0 Å². The molecular weight excluding hydrogens is 502 g/mol. The lowest BCUT2D eigenvalue weighted by Gasteiger charge is -2.36. The Kier molecular flexibility index (Phi) is 9.92. The van der Waals surface area contributed by atoms with Gasteiger partial charge in [0, 0.05) is 5.75 Å². The van der Waals surface area contributed by atoms with Crippen LogP contribution in [0.5, 0.6) is 0 Å². The fraction of sp³-hybridized carbons (Fsp3) is 0.276. The zero-order chi connectivity index (χ0) is 27.6. The number of benzene rings is 3. The Morgan fingerprint density at radius 1 is 0.816 bits per heavy atom. The van der Waals surface area contributed by atoms with Gasteiger partial charge in [0.25, 0.3) is 0 Å². The third-order valence-electron chi connectivity index (χ3n) is 5.44. The van der Waals surface area contributed by atoms with Crippen LogP contribution in [0.25, 0.3) is 0 Å². The van der Waals surface area contributed by atoms with Crippen LogP contribution in [0.4, 0.5) is 4.79 Å². The first-order valence-corrected chi connectivity index (χ1v) is 13.1. The molecule has 1 unspecified atom stereocenters. The highest BCUT2D eigenvalue weighted by atomic mass is 32.2. The van der Waals surface area contributed by atoms with Gasteiger partial charge in [-0.05, 0) is 37.5 Å². The normalized spacial score (nSPS) is 12.3. The van der Waals surface area contributed by atoms with Crippen molar-refractivity contribution in [3.8, 4) is 0 Å². The number of hydrogen-bond acceptors (Lipinski definition) is 6. The molecule has 1 atom stereocenters. The van der Waals surface area contributed by atoms with Crippen LogP contribution >= 0.6 is 11.8 Å². The molecule has 38 heavy (non-hydrogen) atoms. The van der Waals surface area contributed by atoms with Crippen molar-refractivity contribution in [2.75, 3.05) is 12.4 Å². The van der Waals surface area contributed by atoms with Gasteiger partial charge in [-0.2, -0.15) is 5.48 Å². The highest BCUT2D eigenvalue weighted by Crippen LogP contribution is 2.48. The van der Waals surface area contributed by atoms with Crippen molar-refractivity contribution in [2.24, 2.45) is 5.73 Å². The Hall–Kier alpha value is -3.82. The topological polar surface area (TPSA) is 120 Å². The number of carbonyl (C=O) groups excluding carboxylic acids is 3. The summed E-state index contributed by atoms with van der Waals surface area (Å²) in [5.74, 6) is -1.12. The fourth-order valence-electron chi connectivity index (χ4n) is 3.87. The molecule has 0 radical (unpaired) electrons. The van der Waals surface area contributed by atoms with Crippen LogP contribution in [-0.4, -0.2) is 41.9 Å². The summed E-state index contributed by atoms with van der Waals surface area (Å²) >= 11 is 1.50. The Labute approximate surface area is 227 Å². The summed E-state index contributed by atoms with van der Waals surface area (Å²) in [5.41, 5.74) is 10.1. The van der Waals surface area contributed by atoms with E-state index in [1.807, 2.05) is 96.5 Å². The van der Waals surface area contributed by atoms with Crippen LogP contribution in [0.3, 0.4) is 0 Å². The van der Waals surface area contributed by atoms with E-state index in [-0.39, 0.29) is 5.75 Å². The molecule has 0 aliphatic heterocycles. The maximum atomic E-state index is 12.5. The van der Waals surface area contributed by atoms with Gasteiger partial charge in [0.2, 0.25) is 11.8 Å². The monoisotopic (exact) mass is 535 g/mol. The molecule has 3 amide bonds. The average molecular weight is 536 g/mol. The van der Waals surface area contributed by atoms with E-state index in [1.165, 1.54) is 11.8 Å². The summed E-state index contributed by atoms with van der Waals surface area (Å²) in [6, 6.07) is 28.9. The van der Waals surface area contributed by atoms with Crippen molar-refractivity contribution in [3.63, 3.8) is 0 Å². The lowest BCUT2D eigenvalue weighted by molar-refractivity contribution is -0.131. The van der Waals surface area contributed by atoms with Gasteiger partial charge < -0.3 is 15.8 Å². The van der Waals surface area contributed by atoms with Crippen LogP contribution in [-0.2, 0) is 23.9 Å². The minimum Gasteiger partial charge on any atom is -0.442 e. The molecule has 0 bridgehead atoms. The molecule has 0 aliphatic rings. The number of ether oxygens (including phenoxy) is 1. The minimum absolute atomic E-state index is 0.180. The molecule has 9 heteroatoms. The molecule has 0 heterocycles. The van der Waals surface area contributed by atoms with Crippen LogP contribution in [0.1, 0.15) is 37.5 Å². The molecule has 200 valence electrons. The van der Waals surface area contributed by atoms with E-state index >= 15 is 0 Å². The summed E-state index contributed by atoms with van der Waals surface area (Å²) in [4.78, 5) is 41.5. The van der Waals surface area contributed by atoms with E-state index in [2.05, 4.69) is 5.32 Å². The van der Waals surface area contributed by atoms with E-state index in [9.17, 15) is 14.4 Å². The summed E-state index contributed by atoms with van der Waals surface area (Å²) < 4.78 is 4.37. The molecule has 0 aliphatic carbocycles. The molecule has 0 saturated heterocycles. The number of thioether (sulfide) groups is 1. The first-order chi connectivity index (χ1) is 18.1. The van der Waals surface area contributed by atoms with Gasteiger partial charge in [-0.15, -0.1) is 11.8 Å². The molecular formula is C29H33N3O5S. The van der Waals surface area contributed by atoms with E-state index in [4.69, 9.17) is 15.3 Å². The Bertz CT molecular complexity index is 1100. The van der Waals surface area contributed by atoms with E-state index in [1.54, 1.807) is 20.8 Å². The Morgan fingerprint density at radius 2 is 1.26 bits per heavy atom. The molecule has 0 spiro atoms. The zero-order valence-electron chi connectivity index (χ0n) is 21.7. The SMILES string of the molecule is CC(C)(C)OC(=O)NOCC(=O)NC(CSC(c1ccccc1)(c1ccccc1)c1ccccc1)C(N)=O. The molecule has 0 saturated carbocycles. The third kappa shape index (κ3) is 7.84. The number of hydroxylamine groups is 1. The van der Waals surface area contributed by atoms with Crippen LogP contribution < -0.4 is 16.5 Å². The first kappa shape index (κ1) is 28.7. The molecule has 4 N–H and O–H groups in total. The van der Waals surface area contributed by atoms with Crippen LogP contribution in [0, 0.1) is 0 Å². The zero-order valence-corrected chi connectivity index (χ0v) is 22.5. The second-order valence-electron chi connectivity index (χ2n) is 9.51. The maximum absolute atomic E-state index is 12.5. The number of rotatable bonds is 11. The van der Waals surface area contributed by atoms with Gasteiger partial charge in [-0.3, -0.25) is 14.4 Å². The summed E-state index contributed by atoms with van der Waals surface area (Å²) in [7, 11) is 0. The van der Waals surface area contributed by atoms with Crippen molar-refractivity contribution in [3.05, 3.63) is 108 Å². The quantitative estimate of drug-likeness (QED) is 0.251. The minimum atomic E-state index is -0.992. The summed E-state index contributed by atoms with van der Waals surface area (Å²) in [6.45, 7) is 4.59. The predicted octanol–water partition coefficient (Wildman–Crippen LogP) is 4.14. The highest BCUT2D eigenvalue weighted by Gasteiger charge is 2.38. The Balaban J connectivity index is 1.81. The fourth-order valence-corrected chi connectivity index (χ4v) is 5.44. The molecule has 0 fully saturated rings. The lowest BCUT2D eigenvalue weighted by Crippen LogP contribution is -2.48. The molecule has 3 aromatic carbocycles. The maximum Gasteiger partial charge on any atom is 0.431 e. The largest absolute Gasteiger partial charge is 0.442 e. The van der Waals surface area contributed by atoms with Crippen molar-refractivity contribution < 1.29 is 24.0 Å². The van der Waals surface area contributed by atoms with Gasteiger partial charge in [0.15, 0.2) is 6.61 Å². The smallest absolute Gasteiger partial charge is 0.431 e. The van der Waals surface area contributed by atoms with Crippen LogP contribution in [0.15, 0.2) is 91.0 Å². The molecule has 8 nitrogen and oxygen atoms in total. The van der Waals surface area contributed by atoms with Crippen molar-refractivity contribution >= 4 is 29.7 Å². The van der Waals surface area contributed by atoms with E-state index in [0.29, 0.717) is 0 Å². The van der Waals surface area contributed by atoms with Gasteiger partial charge in [-0.25, -0.2) is 4.79 Å².